The molecule has 3 aromatic heterocycles. The quantitative estimate of drug-likeness (QED) is 0.717. The van der Waals surface area contributed by atoms with Crippen LogP contribution in [0.4, 0.5) is 5.82 Å². The van der Waals surface area contributed by atoms with E-state index in [0.717, 1.165) is 49.4 Å². The molecule has 150 valence electrons. The van der Waals surface area contributed by atoms with Crippen LogP contribution < -0.4 is 10.2 Å². The van der Waals surface area contributed by atoms with Crippen molar-refractivity contribution >= 4 is 33.3 Å². The summed E-state index contributed by atoms with van der Waals surface area (Å²) in [5, 5.41) is 4.29. The lowest BCUT2D eigenvalue weighted by molar-refractivity contribution is -0.119. The molecule has 1 aliphatic heterocycles. The summed E-state index contributed by atoms with van der Waals surface area (Å²) in [5.74, 6) is 1.71. The topological polar surface area (TPSA) is 83.9 Å². The SMILES string of the molecule is CC(=O)NC1CCN(c2nc(-c3cnccn3)nc3sc4c(c23)CCCC4)CC1. The summed E-state index contributed by atoms with van der Waals surface area (Å²) in [7, 11) is 0. The Kier molecular flexibility index (Phi) is 4.87. The number of piperidine rings is 1. The molecule has 4 heterocycles. The van der Waals surface area contributed by atoms with E-state index in [4.69, 9.17) is 9.97 Å². The average Bonchev–Trinajstić information content (AvgIpc) is 3.12. The molecule has 0 radical (unpaired) electrons. The Balaban J connectivity index is 1.57. The minimum Gasteiger partial charge on any atom is -0.356 e. The van der Waals surface area contributed by atoms with Crippen LogP contribution in [0.1, 0.15) is 43.0 Å². The van der Waals surface area contributed by atoms with Crippen LogP contribution in [0.15, 0.2) is 18.6 Å². The van der Waals surface area contributed by atoms with Crippen molar-refractivity contribution in [2.75, 3.05) is 18.0 Å². The molecule has 1 saturated heterocycles. The van der Waals surface area contributed by atoms with Gasteiger partial charge in [-0.2, -0.15) is 0 Å². The Hall–Kier alpha value is -2.61. The van der Waals surface area contributed by atoms with Gasteiger partial charge in [0.15, 0.2) is 5.82 Å². The fourth-order valence-electron chi connectivity index (χ4n) is 4.42. The third kappa shape index (κ3) is 3.57. The van der Waals surface area contributed by atoms with Crippen molar-refractivity contribution in [3.63, 3.8) is 0 Å². The molecule has 0 bridgehead atoms. The number of hydrogen-bond donors (Lipinski definition) is 1. The van der Waals surface area contributed by atoms with E-state index in [-0.39, 0.29) is 11.9 Å². The average molecular weight is 409 g/mol. The first-order valence-electron chi connectivity index (χ1n) is 10.3. The van der Waals surface area contributed by atoms with Gasteiger partial charge in [0.1, 0.15) is 16.3 Å². The molecule has 1 N–H and O–H groups in total. The predicted molar refractivity (Wildman–Crippen MR) is 114 cm³/mol. The maximum absolute atomic E-state index is 11.4. The molecule has 1 aliphatic carbocycles. The van der Waals surface area contributed by atoms with Gasteiger partial charge in [0, 0.05) is 43.3 Å². The highest BCUT2D eigenvalue weighted by molar-refractivity contribution is 7.19. The largest absolute Gasteiger partial charge is 0.356 e. The number of nitrogens with one attached hydrogen (secondary N) is 1. The van der Waals surface area contributed by atoms with Crippen LogP contribution in [0.5, 0.6) is 0 Å². The maximum Gasteiger partial charge on any atom is 0.217 e. The summed E-state index contributed by atoms with van der Waals surface area (Å²) < 4.78 is 0. The number of nitrogens with zero attached hydrogens (tertiary/aromatic N) is 5. The van der Waals surface area contributed by atoms with Gasteiger partial charge < -0.3 is 10.2 Å². The van der Waals surface area contributed by atoms with E-state index in [1.165, 1.54) is 28.7 Å². The van der Waals surface area contributed by atoms with E-state index in [0.29, 0.717) is 11.5 Å². The van der Waals surface area contributed by atoms with E-state index < -0.39 is 0 Å². The van der Waals surface area contributed by atoms with Crippen molar-refractivity contribution in [3.8, 4) is 11.5 Å². The first-order chi connectivity index (χ1) is 14.2. The zero-order chi connectivity index (χ0) is 19.8. The van der Waals surface area contributed by atoms with Gasteiger partial charge in [-0.05, 0) is 44.1 Å². The molecule has 1 fully saturated rings. The molecule has 0 atom stereocenters. The second-order valence-corrected chi connectivity index (χ2v) is 8.90. The number of aromatic nitrogens is 4. The Morgan fingerprint density at radius 1 is 1.17 bits per heavy atom. The van der Waals surface area contributed by atoms with Gasteiger partial charge in [-0.15, -0.1) is 11.3 Å². The van der Waals surface area contributed by atoms with Crippen LogP contribution in [0.25, 0.3) is 21.7 Å². The van der Waals surface area contributed by atoms with Gasteiger partial charge >= 0.3 is 0 Å². The van der Waals surface area contributed by atoms with E-state index in [1.807, 2.05) is 11.3 Å². The smallest absolute Gasteiger partial charge is 0.217 e. The van der Waals surface area contributed by atoms with Crippen molar-refractivity contribution < 1.29 is 4.79 Å². The van der Waals surface area contributed by atoms with E-state index in [2.05, 4.69) is 20.2 Å². The van der Waals surface area contributed by atoms with E-state index in [1.54, 1.807) is 25.5 Å². The third-order valence-electron chi connectivity index (χ3n) is 5.79. The summed E-state index contributed by atoms with van der Waals surface area (Å²) >= 11 is 1.81. The van der Waals surface area contributed by atoms with Crippen molar-refractivity contribution in [1.82, 2.24) is 25.3 Å². The van der Waals surface area contributed by atoms with Gasteiger partial charge in [0.05, 0.1) is 11.6 Å². The van der Waals surface area contributed by atoms with Gasteiger partial charge in [0.2, 0.25) is 5.91 Å². The highest BCUT2D eigenvalue weighted by Gasteiger charge is 2.27. The first kappa shape index (κ1) is 18.4. The molecule has 0 spiro atoms. The number of amides is 1. The van der Waals surface area contributed by atoms with Crippen molar-refractivity contribution in [2.24, 2.45) is 0 Å². The molecule has 5 rings (SSSR count). The lowest BCUT2D eigenvalue weighted by atomic mass is 9.96. The fourth-order valence-corrected chi connectivity index (χ4v) is 5.68. The second-order valence-electron chi connectivity index (χ2n) is 7.81. The van der Waals surface area contributed by atoms with Gasteiger partial charge in [-0.25, -0.2) is 15.0 Å². The summed E-state index contributed by atoms with van der Waals surface area (Å²) in [4.78, 5) is 34.8. The summed E-state index contributed by atoms with van der Waals surface area (Å²) in [5.41, 5.74) is 2.15. The van der Waals surface area contributed by atoms with Gasteiger partial charge in [-0.3, -0.25) is 9.78 Å². The van der Waals surface area contributed by atoms with Crippen LogP contribution in [0.2, 0.25) is 0 Å². The second kappa shape index (κ2) is 7.67. The number of aryl methyl sites for hydroxylation is 2. The number of fused-ring (bicyclic) bond motifs is 3. The summed E-state index contributed by atoms with van der Waals surface area (Å²) in [6.45, 7) is 3.34. The Morgan fingerprint density at radius 3 is 2.76 bits per heavy atom. The zero-order valence-electron chi connectivity index (χ0n) is 16.5. The minimum absolute atomic E-state index is 0.0460. The molecule has 1 amide bonds. The Morgan fingerprint density at radius 2 is 2.00 bits per heavy atom. The van der Waals surface area contributed by atoms with Crippen LogP contribution in [0.3, 0.4) is 0 Å². The highest BCUT2D eigenvalue weighted by Crippen LogP contribution is 2.41. The van der Waals surface area contributed by atoms with E-state index in [9.17, 15) is 4.79 Å². The molecule has 3 aromatic rings. The number of thiophene rings is 1. The highest BCUT2D eigenvalue weighted by atomic mass is 32.1. The van der Waals surface area contributed by atoms with Crippen LogP contribution in [0, 0.1) is 0 Å². The minimum atomic E-state index is 0.0460. The summed E-state index contributed by atoms with van der Waals surface area (Å²) in [6, 6.07) is 0.247. The Labute approximate surface area is 173 Å². The number of carbonyl (C=O) groups excluding carboxylic acids is 1. The van der Waals surface area contributed by atoms with Gasteiger partial charge in [-0.1, -0.05) is 0 Å². The zero-order valence-corrected chi connectivity index (χ0v) is 17.3. The molecule has 0 aromatic carbocycles. The fraction of sp³-hybridized carbons (Fsp3) is 0.476. The molecular formula is C21H24N6OS. The Bertz CT molecular complexity index is 1040. The molecule has 0 unspecified atom stereocenters. The monoisotopic (exact) mass is 408 g/mol. The van der Waals surface area contributed by atoms with Crippen LogP contribution >= 0.6 is 11.3 Å². The first-order valence-corrected chi connectivity index (χ1v) is 11.1. The molecular weight excluding hydrogens is 384 g/mol. The number of carbonyl (C=O) groups is 1. The number of hydrogen-bond acceptors (Lipinski definition) is 7. The maximum atomic E-state index is 11.4. The molecule has 29 heavy (non-hydrogen) atoms. The van der Waals surface area contributed by atoms with Gasteiger partial charge in [0.25, 0.3) is 0 Å². The standard InChI is InChI=1S/C21H24N6OS/c1-13(28)24-14-6-10-27(11-7-14)20-18-15-4-2-3-5-17(15)29-21(18)26-19(25-20)16-12-22-8-9-23-16/h8-9,12,14H,2-7,10-11H2,1H3,(H,24,28). The number of rotatable bonds is 3. The summed E-state index contributed by atoms with van der Waals surface area (Å²) in [6.07, 6.45) is 11.7. The molecule has 7 nitrogen and oxygen atoms in total. The van der Waals surface area contributed by atoms with E-state index >= 15 is 0 Å². The number of anilines is 1. The van der Waals surface area contributed by atoms with Crippen LogP contribution in [-0.2, 0) is 17.6 Å². The normalized spacial score (nSPS) is 17.3. The molecule has 8 heteroatoms. The molecule has 0 saturated carbocycles. The van der Waals surface area contributed by atoms with Crippen molar-refractivity contribution in [2.45, 2.75) is 51.5 Å². The van der Waals surface area contributed by atoms with Crippen LogP contribution in [-0.4, -0.2) is 45.0 Å². The third-order valence-corrected chi connectivity index (χ3v) is 6.98. The molecule has 2 aliphatic rings. The lowest BCUT2D eigenvalue weighted by Gasteiger charge is -2.33. The lowest BCUT2D eigenvalue weighted by Crippen LogP contribution is -2.44. The van der Waals surface area contributed by atoms with Crippen molar-refractivity contribution in [3.05, 3.63) is 29.0 Å². The predicted octanol–water partition coefficient (Wildman–Crippen LogP) is 3.13. The van der Waals surface area contributed by atoms with Crippen molar-refractivity contribution in [1.29, 1.82) is 0 Å².